The van der Waals surface area contributed by atoms with E-state index in [1.54, 1.807) is 18.2 Å². The summed E-state index contributed by atoms with van der Waals surface area (Å²) in [6.45, 7) is 3.85. The van der Waals surface area contributed by atoms with E-state index in [9.17, 15) is 4.79 Å². The molecule has 18 heavy (non-hydrogen) atoms. The lowest BCUT2D eigenvalue weighted by atomic mass is 9.95. The van der Waals surface area contributed by atoms with Crippen molar-refractivity contribution in [3.05, 3.63) is 23.9 Å². The summed E-state index contributed by atoms with van der Waals surface area (Å²) in [5.41, 5.74) is 2.92. The number of likely N-dealkylation sites (tertiary alicyclic amines) is 1. The Labute approximate surface area is 107 Å². The summed E-state index contributed by atoms with van der Waals surface area (Å²) in [5, 5.41) is 0. The van der Waals surface area contributed by atoms with Gasteiger partial charge in [-0.15, -0.1) is 0 Å². The van der Waals surface area contributed by atoms with Gasteiger partial charge in [0.05, 0.1) is 0 Å². The van der Waals surface area contributed by atoms with Gasteiger partial charge >= 0.3 is 0 Å². The van der Waals surface area contributed by atoms with Crippen LogP contribution in [0.15, 0.2) is 18.2 Å². The largest absolute Gasteiger partial charge is 0.337 e. The predicted octanol–water partition coefficient (Wildman–Crippen LogP) is 1.63. The molecule has 5 nitrogen and oxygen atoms in total. The van der Waals surface area contributed by atoms with Crippen molar-refractivity contribution in [2.45, 2.75) is 26.2 Å². The standard InChI is InChI=1S/C13H20N4O/c1-2-10-5-4-8-17(9-10)13(18)11-6-3-7-12(15-11)16-14/h3,6-7,10H,2,4-5,8-9,14H2,1H3,(H,15,16). The number of carbonyl (C=O) groups excluding carboxylic acids is 1. The van der Waals surface area contributed by atoms with Crippen LogP contribution in [-0.4, -0.2) is 28.9 Å². The first-order chi connectivity index (χ1) is 8.74. The second-order valence-electron chi connectivity index (χ2n) is 4.72. The maximum absolute atomic E-state index is 12.3. The summed E-state index contributed by atoms with van der Waals surface area (Å²) in [4.78, 5) is 18.4. The normalized spacial score (nSPS) is 19.7. The van der Waals surface area contributed by atoms with Crippen molar-refractivity contribution >= 4 is 11.7 Å². The molecule has 0 aromatic carbocycles. The molecule has 0 bridgehead atoms. The van der Waals surface area contributed by atoms with Gasteiger partial charge in [-0.2, -0.15) is 0 Å². The summed E-state index contributed by atoms with van der Waals surface area (Å²) in [5.74, 6) is 6.45. The van der Waals surface area contributed by atoms with Gasteiger partial charge in [0.2, 0.25) is 0 Å². The van der Waals surface area contributed by atoms with E-state index < -0.39 is 0 Å². The van der Waals surface area contributed by atoms with E-state index in [1.807, 2.05) is 4.90 Å². The number of amides is 1. The summed E-state index contributed by atoms with van der Waals surface area (Å²) >= 11 is 0. The van der Waals surface area contributed by atoms with E-state index in [2.05, 4.69) is 17.3 Å². The Bertz CT molecular complexity index is 421. The molecule has 0 spiro atoms. The minimum absolute atomic E-state index is 0.00486. The van der Waals surface area contributed by atoms with Gasteiger partial charge in [-0.05, 0) is 30.9 Å². The topological polar surface area (TPSA) is 71.2 Å². The molecule has 1 aliphatic rings. The van der Waals surface area contributed by atoms with Gasteiger partial charge in [-0.3, -0.25) is 4.79 Å². The molecular formula is C13H20N4O. The average Bonchev–Trinajstić information content (AvgIpc) is 2.46. The van der Waals surface area contributed by atoms with Crippen molar-refractivity contribution in [3.8, 4) is 0 Å². The zero-order valence-corrected chi connectivity index (χ0v) is 10.7. The van der Waals surface area contributed by atoms with Crippen molar-refractivity contribution in [1.82, 2.24) is 9.88 Å². The number of aromatic nitrogens is 1. The van der Waals surface area contributed by atoms with Gasteiger partial charge in [0.1, 0.15) is 11.5 Å². The second kappa shape index (κ2) is 5.82. The number of hydrogen-bond donors (Lipinski definition) is 2. The number of pyridine rings is 1. The van der Waals surface area contributed by atoms with Crippen LogP contribution in [0.5, 0.6) is 0 Å². The molecule has 0 aliphatic carbocycles. The van der Waals surface area contributed by atoms with Crippen molar-refractivity contribution in [2.75, 3.05) is 18.5 Å². The quantitative estimate of drug-likeness (QED) is 0.630. The molecule has 1 atom stereocenters. The molecule has 3 N–H and O–H groups in total. The zero-order chi connectivity index (χ0) is 13.0. The summed E-state index contributed by atoms with van der Waals surface area (Å²) in [7, 11) is 0. The molecule has 1 fully saturated rings. The van der Waals surface area contributed by atoms with Crippen LogP contribution >= 0.6 is 0 Å². The van der Waals surface area contributed by atoms with Gasteiger partial charge in [-0.25, -0.2) is 10.8 Å². The van der Waals surface area contributed by atoms with Crippen LogP contribution < -0.4 is 11.3 Å². The molecular weight excluding hydrogens is 228 g/mol. The summed E-state index contributed by atoms with van der Waals surface area (Å²) in [6, 6.07) is 5.26. The number of nitrogens with two attached hydrogens (primary N) is 1. The van der Waals surface area contributed by atoms with E-state index in [1.165, 1.54) is 6.42 Å². The van der Waals surface area contributed by atoms with Gasteiger partial charge in [-0.1, -0.05) is 19.4 Å². The fourth-order valence-corrected chi connectivity index (χ4v) is 2.38. The molecule has 98 valence electrons. The summed E-state index contributed by atoms with van der Waals surface area (Å²) in [6.07, 6.45) is 3.43. The molecule has 2 heterocycles. The first-order valence-electron chi connectivity index (χ1n) is 6.47. The Balaban J connectivity index is 2.10. The van der Waals surface area contributed by atoms with Crippen molar-refractivity contribution < 1.29 is 4.79 Å². The first kappa shape index (κ1) is 12.8. The lowest BCUT2D eigenvalue weighted by Crippen LogP contribution is -2.40. The minimum Gasteiger partial charge on any atom is -0.337 e. The van der Waals surface area contributed by atoms with Gasteiger partial charge in [0.15, 0.2) is 0 Å². The number of nitrogen functional groups attached to an aromatic ring is 1. The van der Waals surface area contributed by atoms with E-state index in [0.29, 0.717) is 17.4 Å². The van der Waals surface area contributed by atoms with Crippen LogP contribution in [0.25, 0.3) is 0 Å². The Kier molecular flexibility index (Phi) is 4.15. The monoisotopic (exact) mass is 248 g/mol. The van der Waals surface area contributed by atoms with Gasteiger partial charge in [0.25, 0.3) is 5.91 Å². The van der Waals surface area contributed by atoms with E-state index in [-0.39, 0.29) is 5.91 Å². The molecule has 5 heteroatoms. The minimum atomic E-state index is 0.00486. The number of hydrogen-bond acceptors (Lipinski definition) is 4. The molecule has 1 unspecified atom stereocenters. The zero-order valence-electron chi connectivity index (χ0n) is 10.7. The number of nitrogens with zero attached hydrogens (tertiary/aromatic N) is 2. The third kappa shape index (κ3) is 2.79. The van der Waals surface area contributed by atoms with Crippen molar-refractivity contribution in [1.29, 1.82) is 0 Å². The fraction of sp³-hybridized carbons (Fsp3) is 0.538. The van der Waals surface area contributed by atoms with E-state index >= 15 is 0 Å². The Morgan fingerprint density at radius 3 is 3.17 bits per heavy atom. The average molecular weight is 248 g/mol. The molecule has 1 aliphatic heterocycles. The summed E-state index contributed by atoms with van der Waals surface area (Å²) < 4.78 is 0. The third-order valence-electron chi connectivity index (χ3n) is 3.50. The molecule has 0 radical (unpaired) electrons. The Hall–Kier alpha value is -1.62. The highest BCUT2D eigenvalue weighted by Crippen LogP contribution is 2.20. The van der Waals surface area contributed by atoms with Crippen LogP contribution in [0.3, 0.4) is 0 Å². The van der Waals surface area contributed by atoms with Gasteiger partial charge < -0.3 is 10.3 Å². The predicted molar refractivity (Wildman–Crippen MR) is 71.0 cm³/mol. The van der Waals surface area contributed by atoms with Gasteiger partial charge in [0, 0.05) is 13.1 Å². The maximum Gasteiger partial charge on any atom is 0.272 e. The van der Waals surface area contributed by atoms with Crippen molar-refractivity contribution in [3.63, 3.8) is 0 Å². The highest BCUT2D eigenvalue weighted by atomic mass is 16.2. The van der Waals surface area contributed by atoms with Crippen LogP contribution in [0.1, 0.15) is 36.7 Å². The maximum atomic E-state index is 12.3. The SMILES string of the molecule is CCC1CCCN(C(=O)c2cccc(NN)n2)C1. The van der Waals surface area contributed by atoms with Crippen LogP contribution in [0.2, 0.25) is 0 Å². The number of piperidine rings is 1. The van der Waals surface area contributed by atoms with Crippen LogP contribution in [0.4, 0.5) is 5.82 Å². The van der Waals surface area contributed by atoms with E-state index in [0.717, 1.165) is 25.9 Å². The van der Waals surface area contributed by atoms with Crippen LogP contribution in [-0.2, 0) is 0 Å². The smallest absolute Gasteiger partial charge is 0.272 e. The van der Waals surface area contributed by atoms with Crippen molar-refractivity contribution in [2.24, 2.45) is 11.8 Å². The first-order valence-corrected chi connectivity index (χ1v) is 6.47. The molecule has 1 amide bonds. The Morgan fingerprint density at radius 1 is 1.61 bits per heavy atom. The highest BCUT2D eigenvalue weighted by Gasteiger charge is 2.24. The highest BCUT2D eigenvalue weighted by molar-refractivity contribution is 5.92. The third-order valence-corrected chi connectivity index (χ3v) is 3.50. The van der Waals surface area contributed by atoms with E-state index in [4.69, 9.17) is 5.84 Å². The molecule has 1 saturated heterocycles. The number of rotatable bonds is 3. The number of anilines is 1. The Morgan fingerprint density at radius 2 is 2.44 bits per heavy atom. The number of carbonyl (C=O) groups is 1. The number of hydrazine groups is 1. The molecule has 0 saturated carbocycles. The number of nitrogens with one attached hydrogen (secondary N) is 1. The molecule has 2 rings (SSSR count). The molecule has 1 aromatic rings. The lowest BCUT2D eigenvalue weighted by Gasteiger charge is -2.32. The van der Waals surface area contributed by atoms with Crippen LogP contribution in [0, 0.1) is 5.92 Å². The fourth-order valence-electron chi connectivity index (χ4n) is 2.38. The molecule has 1 aromatic heterocycles. The second-order valence-corrected chi connectivity index (χ2v) is 4.72. The lowest BCUT2D eigenvalue weighted by molar-refractivity contribution is 0.0665.